The van der Waals surface area contributed by atoms with Crippen molar-refractivity contribution >= 4 is 15.6 Å². The zero-order valence-corrected chi connectivity index (χ0v) is 14.1. The number of ketones is 1. The molecule has 0 spiro atoms. The van der Waals surface area contributed by atoms with E-state index in [1.807, 2.05) is 26.8 Å². The van der Waals surface area contributed by atoms with Crippen molar-refractivity contribution in [2.45, 2.75) is 57.8 Å². The summed E-state index contributed by atoms with van der Waals surface area (Å²) in [6.45, 7) is 5.91. The summed E-state index contributed by atoms with van der Waals surface area (Å²) >= 11 is 0. The molecule has 1 rings (SSSR count). The van der Waals surface area contributed by atoms with Crippen LogP contribution in [0.15, 0.2) is 29.2 Å². The van der Waals surface area contributed by atoms with Crippen molar-refractivity contribution in [3.63, 3.8) is 0 Å². The lowest BCUT2D eigenvalue weighted by Gasteiger charge is -2.12. The molecule has 0 saturated carbocycles. The molecular formula is C17H26O3S. The number of benzene rings is 1. The Morgan fingerprint density at radius 3 is 2.52 bits per heavy atom. The summed E-state index contributed by atoms with van der Waals surface area (Å²) in [6.07, 6.45) is 3.45. The van der Waals surface area contributed by atoms with Gasteiger partial charge in [0.05, 0.1) is 10.6 Å². The number of rotatable bonds is 9. The van der Waals surface area contributed by atoms with Gasteiger partial charge in [0.2, 0.25) is 0 Å². The molecule has 1 atom stereocenters. The van der Waals surface area contributed by atoms with Gasteiger partial charge in [0, 0.05) is 12.8 Å². The van der Waals surface area contributed by atoms with Crippen molar-refractivity contribution in [3.05, 3.63) is 29.8 Å². The first-order valence-electron chi connectivity index (χ1n) is 7.72. The van der Waals surface area contributed by atoms with Crippen LogP contribution in [0.1, 0.15) is 52.0 Å². The van der Waals surface area contributed by atoms with E-state index >= 15 is 0 Å². The van der Waals surface area contributed by atoms with E-state index in [4.69, 9.17) is 0 Å². The third-order valence-electron chi connectivity index (χ3n) is 3.42. The zero-order chi connectivity index (χ0) is 15.9. The Labute approximate surface area is 128 Å². The van der Waals surface area contributed by atoms with Gasteiger partial charge in [-0.05, 0) is 42.9 Å². The third kappa shape index (κ3) is 6.00. The molecule has 0 aliphatic rings. The smallest absolute Gasteiger partial charge is 0.178 e. The second-order valence-electron chi connectivity index (χ2n) is 5.77. The molecule has 0 heterocycles. The molecule has 0 amide bonds. The van der Waals surface area contributed by atoms with E-state index in [0.29, 0.717) is 29.9 Å². The minimum Gasteiger partial charge on any atom is -0.300 e. The standard InChI is InChI=1S/C17H26O3S/c1-4-7-16(18)12-14(3)11-15-8-6-9-17(13-15)21(19,20)10-5-2/h6,8-9,13-14H,4-5,7,10-12H2,1-3H3. The van der Waals surface area contributed by atoms with Gasteiger partial charge in [-0.25, -0.2) is 8.42 Å². The first kappa shape index (κ1) is 17.9. The summed E-state index contributed by atoms with van der Waals surface area (Å²) in [5, 5.41) is 0. The molecule has 21 heavy (non-hydrogen) atoms. The first-order valence-corrected chi connectivity index (χ1v) is 9.37. The second-order valence-corrected chi connectivity index (χ2v) is 7.88. The van der Waals surface area contributed by atoms with Crippen LogP contribution in [-0.4, -0.2) is 20.0 Å². The Balaban J connectivity index is 2.75. The van der Waals surface area contributed by atoms with Gasteiger partial charge in [0.1, 0.15) is 5.78 Å². The maximum atomic E-state index is 12.1. The van der Waals surface area contributed by atoms with Crippen LogP contribution in [0.2, 0.25) is 0 Å². The van der Waals surface area contributed by atoms with Crippen molar-refractivity contribution < 1.29 is 13.2 Å². The molecule has 3 nitrogen and oxygen atoms in total. The summed E-state index contributed by atoms with van der Waals surface area (Å²) in [4.78, 5) is 12.1. The Bertz CT molecular complexity index is 561. The number of carbonyl (C=O) groups is 1. The first-order chi connectivity index (χ1) is 9.89. The minimum absolute atomic E-state index is 0.182. The summed E-state index contributed by atoms with van der Waals surface area (Å²) in [7, 11) is -3.17. The average Bonchev–Trinajstić information content (AvgIpc) is 2.38. The zero-order valence-electron chi connectivity index (χ0n) is 13.3. The predicted octanol–water partition coefficient (Wildman–Crippen LogP) is 3.81. The molecule has 1 aromatic carbocycles. The SMILES string of the molecule is CCCC(=O)CC(C)Cc1cccc(S(=O)(=O)CCC)c1. The van der Waals surface area contributed by atoms with Crippen LogP contribution in [0, 0.1) is 5.92 Å². The van der Waals surface area contributed by atoms with Crippen molar-refractivity contribution in [2.75, 3.05) is 5.75 Å². The van der Waals surface area contributed by atoms with Crippen molar-refractivity contribution in [2.24, 2.45) is 5.92 Å². The highest BCUT2D eigenvalue weighted by atomic mass is 32.2. The molecule has 0 aliphatic carbocycles. The fourth-order valence-corrected chi connectivity index (χ4v) is 3.89. The molecule has 0 saturated heterocycles. The third-order valence-corrected chi connectivity index (χ3v) is 5.34. The monoisotopic (exact) mass is 310 g/mol. The second kappa shape index (κ2) is 8.32. The van der Waals surface area contributed by atoms with Crippen LogP contribution in [-0.2, 0) is 21.1 Å². The van der Waals surface area contributed by atoms with Crippen molar-refractivity contribution in [1.82, 2.24) is 0 Å². The largest absolute Gasteiger partial charge is 0.300 e. The molecule has 0 aliphatic heterocycles. The van der Waals surface area contributed by atoms with E-state index in [0.717, 1.165) is 18.4 Å². The quantitative estimate of drug-likeness (QED) is 0.697. The molecule has 0 N–H and O–H groups in total. The Morgan fingerprint density at radius 1 is 1.19 bits per heavy atom. The fraction of sp³-hybridized carbons (Fsp3) is 0.588. The average molecular weight is 310 g/mol. The highest BCUT2D eigenvalue weighted by Gasteiger charge is 2.15. The van der Waals surface area contributed by atoms with Crippen LogP contribution in [0.5, 0.6) is 0 Å². The Morgan fingerprint density at radius 2 is 1.90 bits per heavy atom. The number of hydrogen-bond acceptors (Lipinski definition) is 3. The van der Waals surface area contributed by atoms with Crippen LogP contribution in [0.3, 0.4) is 0 Å². The van der Waals surface area contributed by atoms with E-state index in [2.05, 4.69) is 0 Å². The fourth-order valence-electron chi connectivity index (χ4n) is 2.50. The van der Waals surface area contributed by atoms with Crippen molar-refractivity contribution in [3.8, 4) is 0 Å². The van der Waals surface area contributed by atoms with E-state index in [1.54, 1.807) is 18.2 Å². The number of Topliss-reactive ketones (excluding diaryl/α,β-unsaturated/α-hetero) is 1. The number of sulfone groups is 1. The molecule has 0 bridgehead atoms. The van der Waals surface area contributed by atoms with E-state index in [-0.39, 0.29) is 11.7 Å². The number of hydrogen-bond donors (Lipinski definition) is 0. The van der Waals surface area contributed by atoms with Crippen LogP contribution in [0.4, 0.5) is 0 Å². The van der Waals surface area contributed by atoms with Gasteiger partial charge < -0.3 is 0 Å². The Kier molecular flexibility index (Phi) is 7.09. The van der Waals surface area contributed by atoms with Crippen LogP contribution >= 0.6 is 0 Å². The number of carbonyl (C=O) groups excluding carboxylic acids is 1. The maximum Gasteiger partial charge on any atom is 0.178 e. The molecule has 1 aromatic rings. The Hall–Kier alpha value is -1.16. The molecule has 0 radical (unpaired) electrons. The predicted molar refractivity (Wildman–Crippen MR) is 86.2 cm³/mol. The normalized spacial score (nSPS) is 13.1. The van der Waals surface area contributed by atoms with Crippen LogP contribution in [0.25, 0.3) is 0 Å². The summed E-state index contributed by atoms with van der Waals surface area (Å²) < 4.78 is 24.2. The summed E-state index contributed by atoms with van der Waals surface area (Å²) in [6, 6.07) is 7.14. The maximum absolute atomic E-state index is 12.1. The summed E-state index contributed by atoms with van der Waals surface area (Å²) in [5.41, 5.74) is 0.990. The minimum atomic E-state index is -3.17. The van der Waals surface area contributed by atoms with Crippen molar-refractivity contribution in [1.29, 1.82) is 0 Å². The molecule has 4 heteroatoms. The lowest BCUT2D eigenvalue weighted by molar-refractivity contribution is -0.119. The van der Waals surface area contributed by atoms with Gasteiger partial charge in [0.25, 0.3) is 0 Å². The molecule has 0 fully saturated rings. The van der Waals surface area contributed by atoms with Gasteiger partial charge in [-0.1, -0.05) is 32.9 Å². The molecular weight excluding hydrogens is 284 g/mol. The van der Waals surface area contributed by atoms with Gasteiger partial charge in [-0.3, -0.25) is 4.79 Å². The van der Waals surface area contributed by atoms with Gasteiger partial charge in [-0.15, -0.1) is 0 Å². The van der Waals surface area contributed by atoms with Crippen LogP contribution < -0.4 is 0 Å². The lowest BCUT2D eigenvalue weighted by atomic mass is 9.95. The highest BCUT2D eigenvalue weighted by Crippen LogP contribution is 2.18. The highest BCUT2D eigenvalue weighted by molar-refractivity contribution is 7.91. The van der Waals surface area contributed by atoms with Gasteiger partial charge in [0.15, 0.2) is 9.84 Å². The van der Waals surface area contributed by atoms with Gasteiger partial charge in [-0.2, -0.15) is 0 Å². The summed E-state index contributed by atoms with van der Waals surface area (Å²) in [5.74, 6) is 0.717. The van der Waals surface area contributed by atoms with E-state index < -0.39 is 9.84 Å². The van der Waals surface area contributed by atoms with E-state index in [1.165, 1.54) is 0 Å². The molecule has 1 unspecified atom stereocenters. The molecule has 0 aromatic heterocycles. The van der Waals surface area contributed by atoms with Gasteiger partial charge >= 0.3 is 0 Å². The molecule has 118 valence electrons. The topological polar surface area (TPSA) is 51.2 Å². The van der Waals surface area contributed by atoms with E-state index in [9.17, 15) is 13.2 Å². The lowest BCUT2D eigenvalue weighted by Crippen LogP contribution is -2.09.